The van der Waals surface area contributed by atoms with E-state index in [0.29, 0.717) is 36.0 Å². The van der Waals surface area contributed by atoms with Gasteiger partial charge in [-0.2, -0.15) is 77.2 Å². The van der Waals surface area contributed by atoms with E-state index in [-0.39, 0.29) is 64.2 Å². The van der Waals surface area contributed by atoms with Crippen molar-refractivity contribution in [3.05, 3.63) is 88.0 Å². The van der Waals surface area contributed by atoms with Crippen molar-refractivity contribution >= 4 is 80.3 Å². The number of rotatable bonds is 27. The van der Waals surface area contributed by atoms with Crippen molar-refractivity contribution in [2.24, 2.45) is 35.0 Å². The minimum absolute atomic E-state index is 0.000399. The highest BCUT2D eigenvalue weighted by Crippen LogP contribution is 2.62. The van der Waals surface area contributed by atoms with Crippen molar-refractivity contribution in [1.29, 1.82) is 0 Å². The van der Waals surface area contributed by atoms with Crippen LogP contribution in [-0.2, 0) is 74.3 Å². The molecule has 24 nitrogen and oxygen atoms in total. The number of ether oxygens (including phenoxy) is 4. The molecule has 37 heteroatoms. The number of alkyl halides is 8. The van der Waals surface area contributed by atoms with Gasteiger partial charge in [-0.3, -0.25) is 23.0 Å². The number of halogens is 8. The first-order valence-electron chi connectivity index (χ1n) is 37.1. The maximum atomic E-state index is 14.0. The molecule has 0 aliphatic heterocycles. The van der Waals surface area contributed by atoms with Crippen LogP contribution < -0.4 is 4.18 Å². The normalized spacial score (nSPS) is 21.4. The fourth-order valence-electron chi connectivity index (χ4n) is 16.0. The Morgan fingerprint density at radius 2 is 0.800 bits per heavy atom. The van der Waals surface area contributed by atoms with Gasteiger partial charge in [-0.1, -0.05) is 123 Å². The molecule has 3 aromatic carbocycles. The van der Waals surface area contributed by atoms with Gasteiger partial charge in [0.15, 0.2) is 0 Å². The van der Waals surface area contributed by atoms with Crippen LogP contribution in [0.3, 0.4) is 0 Å². The number of hydrogen-bond acceptors (Lipinski definition) is 20. The molecule has 8 fully saturated rings. The number of benzene rings is 3. The largest absolute Gasteiger partial charge is 0.462 e. The Morgan fingerprint density at radius 1 is 0.464 bits per heavy atom. The Hall–Kier alpha value is -5.96. The quantitative estimate of drug-likeness (QED) is 0.0181. The molecule has 0 amide bonds. The first-order valence-corrected chi connectivity index (χ1v) is 44.2. The van der Waals surface area contributed by atoms with Gasteiger partial charge in [-0.05, 0) is 204 Å². The van der Waals surface area contributed by atoms with Gasteiger partial charge < -0.3 is 23.1 Å². The van der Waals surface area contributed by atoms with Crippen molar-refractivity contribution in [2.45, 2.75) is 276 Å². The zero-order chi connectivity index (χ0) is 81.8. The van der Waals surface area contributed by atoms with Crippen LogP contribution in [0.4, 0.5) is 35.1 Å². The standard InChI is InChI=1S/C24H34O7S.C20H26O7S.C15H18F6O6S2.C14H20F2O4S/c25-23(30-13-11-18-7-3-1-4-8-18)20-15-21(17-22(16-20)32(27,28)29)24(26)31-14-12-19-9-5-2-6-10-19;21-19(26-16-7-3-1-4-8-16)14-11-15(13-18(12-14)28(23,24)25)20(22)27-17-9-5-2-6-10-17;1-8(2)10-6-5-7-11(9(3)4)12(10)27-29(25,26)15(20,21)13(16,17)14(18,19)28(22,23)24;15-14(16,21(18,19)20)12(17)1-2-13-6-9-3-10(7-13)5-11(4-9)8-13/h15-19H,1-14H2,(H,27,28,29);11-13,16-17H,1-10H2,(H,23,24,25);5-9H,1-4H3,(H,22,23,24);9-11H,1-8H2,(H,18,19,20). The van der Waals surface area contributed by atoms with Gasteiger partial charge in [-0.15, -0.1) is 0 Å². The molecule has 8 aliphatic carbocycles. The molecule has 3 aromatic rings. The van der Waals surface area contributed by atoms with Crippen molar-refractivity contribution in [3.63, 3.8) is 0 Å². The molecule has 0 heterocycles. The van der Waals surface area contributed by atoms with Crippen LogP contribution in [0.2, 0.25) is 0 Å². The Balaban J connectivity index is 0.000000206. The third kappa shape index (κ3) is 23.8. The number of hydrogen-bond donors (Lipinski definition) is 4. The maximum Gasteiger partial charge on any atom is 0.450 e. The van der Waals surface area contributed by atoms with Crippen LogP contribution in [0.15, 0.2) is 64.4 Å². The zero-order valence-corrected chi connectivity index (χ0v) is 65.6. The lowest BCUT2D eigenvalue weighted by Crippen LogP contribution is -2.61. The minimum atomic E-state index is -7.10. The lowest BCUT2D eigenvalue weighted by Gasteiger charge is -2.57. The molecule has 620 valence electrons. The maximum absolute atomic E-state index is 14.0. The second-order valence-corrected chi connectivity index (χ2v) is 38.0. The molecular formula is C73H98F8O24S5. The fourth-order valence-corrected chi connectivity index (χ4v) is 19.0. The van der Waals surface area contributed by atoms with E-state index in [1.165, 1.54) is 116 Å². The first kappa shape index (κ1) is 91.2. The van der Waals surface area contributed by atoms with Gasteiger partial charge in [-0.25, -0.2) is 19.2 Å². The number of para-hydroxylation sites is 1. The summed E-state index contributed by atoms with van der Waals surface area (Å²) in [5, 5.41) is -18.2. The highest BCUT2D eigenvalue weighted by Gasteiger charge is 2.83. The van der Waals surface area contributed by atoms with Crippen LogP contribution in [0, 0.1) is 35.0 Å². The van der Waals surface area contributed by atoms with Crippen molar-refractivity contribution in [2.75, 3.05) is 13.2 Å². The number of ketones is 1. The summed E-state index contributed by atoms with van der Waals surface area (Å²) in [6.07, 6.45) is 28.5. The van der Waals surface area contributed by atoms with Crippen LogP contribution in [0.25, 0.3) is 0 Å². The van der Waals surface area contributed by atoms with Gasteiger partial charge in [0.1, 0.15) is 18.0 Å². The van der Waals surface area contributed by atoms with Gasteiger partial charge in [0.05, 0.1) is 45.3 Å². The first-order chi connectivity index (χ1) is 51.0. The second-order valence-electron chi connectivity index (χ2n) is 30.7. The second kappa shape index (κ2) is 37.5. The van der Waals surface area contributed by atoms with Crippen molar-refractivity contribution in [3.8, 4) is 5.75 Å². The highest BCUT2D eigenvalue weighted by molar-refractivity contribution is 7.89. The molecule has 4 bridgehead atoms. The Bertz CT molecular complexity index is 4150. The third-order valence-corrected chi connectivity index (χ3v) is 26.3. The molecule has 11 rings (SSSR count). The van der Waals surface area contributed by atoms with Gasteiger partial charge in [0.25, 0.3) is 20.2 Å². The molecule has 110 heavy (non-hydrogen) atoms. The van der Waals surface area contributed by atoms with Crippen molar-refractivity contribution < 1.29 is 143 Å². The molecular weight excluding hydrogens is 1570 g/mol. The van der Waals surface area contributed by atoms with E-state index < -0.39 is 136 Å². The van der Waals surface area contributed by atoms with E-state index in [1.807, 2.05) is 0 Å². The van der Waals surface area contributed by atoms with Crippen LogP contribution in [-0.4, -0.2) is 137 Å². The van der Waals surface area contributed by atoms with Crippen LogP contribution >= 0.6 is 0 Å². The zero-order valence-electron chi connectivity index (χ0n) is 61.5. The van der Waals surface area contributed by atoms with Crippen LogP contribution in [0.5, 0.6) is 5.75 Å². The monoisotopic (exact) mass is 1670 g/mol. The summed E-state index contributed by atoms with van der Waals surface area (Å²) in [5.74, 6) is -10.4. The Labute approximate surface area is 637 Å². The lowest BCUT2D eigenvalue weighted by atomic mass is 9.48. The summed E-state index contributed by atoms with van der Waals surface area (Å²) >= 11 is 0. The summed E-state index contributed by atoms with van der Waals surface area (Å²) in [5.41, 5.74) is -0.417. The van der Waals surface area contributed by atoms with E-state index in [0.717, 1.165) is 146 Å². The summed E-state index contributed by atoms with van der Waals surface area (Å²) in [6.45, 7) is 6.47. The number of Topliss-reactive ketones (excluding diaryl/α,β-unsaturated/α-hetero) is 1. The topological polar surface area (TPSA) is 383 Å². The summed E-state index contributed by atoms with van der Waals surface area (Å²) in [7, 11) is -28.8. The molecule has 0 radical (unpaired) electrons. The van der Waals surface area contributed by atoms with Crippen molar-refractivity contribution in [1.82, 2.24) is 0 Å². The fraction of sp³-hybridized carbons (Fsp3) is 0.685. The van der Waals surface area contributed by atoms with E-state index in [9.17, 15) is 110 Å². The van der Waals surface area contributed by atoms with E-state index in [2.05, 4.69) is 4.18 Å². The number of esters is 4. The van der Waals surface area contributed by atoms with E-state index >= 15 is 0 Å². The predicted molar refractivity (Wildman–Crippen MR) is 382 cm³/mol. The molecule has 0 atom stereocenters. The summed E-state index contributed by atoms with van der Waals surface area (Å²) in [6, 6.07) is 10.6. The summed E-state index contributed by atoms with van der Waals surface area (Å²) in [4.78, 5) is 60.5. The van der Waals surface area contributed by atoms with E-state index in [4.69, 9.17) is 28.1 Å². The average molecular weight is 1670 g/mol. The van der Waals surface area contributed by atoms with Crippen LogP contribution in [0.1, 0.15) is 285 Å². The third-order valence-electron chi connectivity index (χ3n) is 21.5. The molecule has 0 unspecified atom stereocenters. The lowest BCUT2D eigenvalue weighted by molar-refractivity contribution is -0.247. The number of carbonyl (C=O) groups is 5. The minimum Gasteiger partial charge on any atom is -0.462 e. The Morgan fingerprint density at radius 3 is 1.12 bits per heavy atom. The molecule has 0 aromatic heterocycles. The Kier molecular flexibility index (Phi) is 31.1. The predicted octanol–water partition coefficient (Wildman–Crippen LogP) is 16.5. The molecule has 8 saturated carbocycles. The smallest absolute Gasteiger partial charge is 0.450 e. The van der Waals surface area contributed by atoms with E-state index in [1.54, 1.807) is 0 Å². The summed E-state index contributed by atoms with van der Waals surface area (Å²) < 4.78 is 283. The molecule has 4 N–H and O–H groups in total. The van der Waals surface area contributed by atoms with Gasteiger partial charge in [0.2, 0.25) is 5.78 Å². The molecule has 8 aliphatic rings. The van der Waals surface area contributed by atoms with Gasteiger partial charge in [0, 0.05) is 6.42 Å². The molecule has 0 saturated heterocycles. The molecule has 0 spiro atoms. The average Bonchev–Trinajstić information content (AvgIpc) is 0.718. The van der Waals surface area contributed by atoms with Gasteiger partial charge >= 0.3 is 75.9 Å². The number of carbonyl (C=O) groups excluding carboxylic acids is 5. The highest BCUT2D eigenvalue weighted by atomic mass is 32.2. The SMILES string of the molecule is CC(C)c1cccc(C(C)C)c1OS(=O)(=O)C(F)(F)C(F)(F)C(F)(F)S(=O)(=O)O.O=C(CCC12CC3CC(CC(C3)C1)C2)C(F)(F)S(=O)(=O)O.O=C(OC1CCCCC1)c1cc(C(=O)OC2CCCCC2)cc(S(=O)(=O)O)c1.O=C(OCCC1CCCCC1)c1cc(C(=O)OCCC2CCCCC2)cc(S(=O)(=O)O)c1.